The van der Waals surface area contributed by atoms with Crippen LogP contribution >= 0.6 is 0 Å². The van der Waals surface area contributed by atoms with Crippen molar-refractivity contribution < 1.29 is 19.4 Å². The Hall–Kier alpha value is -4.26. The molecule has 7 heteroatoms. The molecule has 1 aliphatic heterocycles. The van der Waals surface area contributed by atoms with Gasteiger partial charge in [0.05, 0.1) is 12.6 Å². The number of para-hydroxylation sites is 1. The molecule has 196 valence electrons. The molecule has 0 bridgehead atoms. The van der Waals surface area contributed by atoms with Gasteiger partial charge < -0.3 is 19.5 Å². The van der Waals surface area contributed by atoms with E-state index in [1.54, 1.807) is 12.1 Å². The minimum atomic E-state index is -0.370. The lowest BCUT2D eigenvalue weighted by Gasteiger charge is -2.27. The van der Waals surface area contributed by atoms with E-state index >= 15 is 0 Å². The highest BCUT2D eigenvalue weighted by Gasteiger charge is 2.42. The molecule has 4 aromatic rings. The number of hydrogen-bond donors (Lipinski definition) is 2. The van der Waals surface area contributed by atoms with Gasteiger partial charge in [-0.1, -0.05) is 68.3 Å². The van der Waals surface area contributed by atoms with Gasteiger partial charge in [-0.3, -0.25) is 9.89 Å². The number of hydrogen-bond acceptors (Lipinski definition) is 5. The van der Waals surface area contributed by atoms with Gasteiger partial charge in [0.25, 0.3) is 5.91 Å². The van der Waals surface area contributed by atoms with Crippen molar-refractivity contribution in [3.8, 4) is 28.5 Å². The summed E-state index contributed by atoms with van der Waals surface area (Å²) in [6, 6.07) is 22.6. The molecule has 3 aromatic carbocycles. The summed E-state index contributed by atoms with van der Waals surface area (Å²) in [4.78, 5) is 15.5. The second-order valence-electron chi connectivity index (χ2n) is 9.40. The standard InChI is InChI=1S/C31H33N3O4/c1-3-5-11-18-34-30(27-28(32-33-29(27)31(34)36)23-14-9-10-15-24(23)35)22-16-17-25(26(19-22)37-4-2)38-20-21-12-7-6-8-13-21/h6-10,12-17,19,30,35H,3-5,11,18,20H2,1-2H3,(H,32,33). The predicted octanol–water partition coefficient (Wildman–Crippen LogP) is 6.50. The molecule has 1 aliphatic rings. The van der Waals surface area contributed by atoms with Gasteiger partial charge in [0.2, 0.25) is 0 Å². The number of aromatic hydroxyl groups is 1. The Labute approximate surface area is 223 Å². The highest BCUT2D eigenvalue weighted by atomic mass is 16.5. The number of unbranched alkanes of at least 4 members (excludes halogenated alkanes) is 2. The maximum atomic E-state index is 13.6. The van der Waals surface area contributed by atoms with Crippen LogP contribution in [0.4, 0.5) is 0 Å². The number of nitrogens with one attached hydrogen (secondary N) is 1. The molecular weight excluding hydrogens is 478 g/mol. The molecule has 1 unspecified atom stereocenters. The molecular formula is C31H33N3O4. The fourth-order valence-electron chi connectivity index (χ4n) is 5.00. The minimum absolute atomic E-state index is 0.0855. The van der Waals surface area contributed by atoms with Crippen molar-refractivity contribution in [2.24, 2.45) is 0 Å². The number of aromatic amines is 1. The number of phenolic OH excluding ortho intramolecular Hbond substituents is 1. The number of carbonyl (C=O) groups excluding carboxylic acids is 1. The van der Waals surface area contributed by atoms with E-state index < -0.39 is 0 Å². The number of benzene rings is 3. The third kappa shape index (κ3) is 4.96. The zero-order chi connectivity index (χ0) is 26.5. The van der Waals surface area contributed by atoms with Crippen LogP contribution in [0.2, 0.25) is 0 Å². The van der Waals surface area contributed by atoms with Crippen LogP contribution < -0.4 is 9.47 Å². The average Bonchev–Trinajstić information content (AvgIpc) is 3.48. The molecule has 0 saturated carbocycles. The smallest absolute Gasteiger partial charge is 0.273 e. The van der Waals surface area contributed by atoms with Crippen LogP contribution in [0.15, 0.2) is 72.8 Å². The van der Waals surface area contributed by atoms with Gasteiger partial charge in [-0.2, -0.15) is 5.10 Å². The molecule has 0 fully saturated rings. The van der Waals surface area contributed by atoms with Crippen LogP contribution in [-0.2, 0) is 6.61 Å². The van der Waals surface area contributed by atoms with Crippen molar-refractivity contribution in [3.63, 3.8) is 0 Å². The van der Waals surface area contributed by atoms with E-state index in [4.69, 9.17) is 9.47 Å². The number of nitrogens with zero attached hydrogens (tertiary/aromatic N) is 2. The first-order valence-corrected chi connectivity index (χ1v) is 13.2. The van der Waals surface area contributed by atoms with Gasteiger partial charge in [-0.25, -0.2) is 0 Å². The van der Waals surface area contributed by atoms with E-state index in [1.165, 1.54) is 0 Å². The Kier molecular flexibility index (Phi) is 7.63. The molecule has 1 amide bonds. The Balaban J connectivity index is 1.55. The van der Waals surface area contributed by atoms with Crippen LogP contribution in [0.1, 0.15) is 66.3 Å². The zero-order valence-electron chi connectivity index (χ0n) is 21.8. The molecule has 7 nitrogen and oxygen atoms in total. The number of fused-ring (bicyclic) bond motifs is 1. The van der Waals surface area contributed by atoms with E-state index in [0.717, 1.165) is 36.0 Å². The Bertz CT molecular complexity index is 1400. The molecule has 0 aliphatic carbocycles. The minimum Gasteiger partial charge on any atom is -0.507 e. The molecule has 5 rings (SSSR count). The molecule has 2 heterocycles. The molecule has 0 saturated heterocycles. The molecule has 1 atom stereocenters. The Morgan fingerprint density at radius 1 is 0.947 bits per heavy atom. The maximum Gasteiger partial charge on any atom is 0.273 e. The third-order valence-corrected chi connectivity index (χ3v) is 6.85. The van der Waals surface area contributed by atoms with Crippen molar-refractivity contribution >= 4 is 5.91 Å². The Morgan fingerprint density at radius 3 is 2.50 bits per heavy atom. The number of carbonyl (C=O) groups is 1. The molecule has 0 radical (unpaired) electrons. The van der Waals surface area contributed by atoms with Gasteiger partial charge in [0, 0.05) is 17.7 Å². The quantitative estimate of drug-likeness (QED) is 0.225. The largest absolute Gasteiger partial charge is 0.507 e. The van der Waals surface area contributed by atoms with Crippen LogP contribution in [0.3, 0.4) is 0 Å². The van der Waals surface area contributed by atoms with Crippen molar-refractivity contribution in [2.45, 2.75) is 45.8 Å². The lowest BCUT2D eigenvalue weighted by atomic mass is 9.95. The number of aromatic nitrogens is 2. The van der Waals surface area contributed by atoms with E-state index in [1.807, 2.05) is 72.5 Å². The number of phenols is 1. The maximum absolute atomic E-state index is 13.6. The van der Waals surface area contributed by atoms with Gasteiger partial charge in [-0.15, -0.1) is 0 Å². The summed E-state index contributed by atoms with van der Waals surface area (Å²) >= 11 is 0. The lowest BCUT2D eigenvalue weighted by Crippen LogP contribution is -2.30. The second kappa shape index (κ2) is 11.4. The fraction of sp³-hybridized carbons (Fsp3) is 0.290. The summed E-state index contributed by atoms with van der Waals surface area (Å²) < 4.78 is 12.1. The van der Waals surface area contributed by atoms with Crippen LogP contribution in [0.5, 0.6) is 17.2 Å². The molecule has 2 N–H and O–H groups in total. The first kappa shape index (κ1) is 25.4. The van der Waals surface area contributed by atoms with Crippen LogP contribution in [0, 0.1) is 0 Å². The first-order chi connectivity index (χ1) is 18.6. The summed E-state index contributed by atoms with van der Waals surface area (Å²) in [5.74, 6) is 1.31. The van der Waals surface area contributed by atoms with Crippen molar-refractivity contribution in [1.82, 2.24) is 15.1 Å². The summed E-state index contributed by atoms with van der Waals surface area (Å²) in [5.41, 5.74) is 4.38. The SMILES string of the molecule is CCCCCN1C(=O)c2[nH]nc(-c3ccccc3O)c2C1c1ccc(OCc2ccccc2)c(OCC)c1. The van der Waals surface area contributed by atoms with E-state index in [0.29, 0.717) is 48.2 Å². The van der Waals surface area contributed by atoms with Crippen molar-refractivity contribution in [3.05, 3.63) is 95.2 Å². The molecule has 0 spiro atoms. The highest BCUT2D eigenvalue weighted by Crippen LogP contribution is 2.46. The lowest BCUT2D eigenvalue weighted by molar-refractivity contribution is 0.0740. The number of ether oxygens (including phenoxy) is 2. The first-order valence-electron chi connectivity index (χ1n) is 13.2. The second-order valence-corrected chi connectivity index (χ2v) is 9.40. The topological polar surface area (TPSA) is 87.7 Å². The van der Waals surface area contributed by atoms with Gasteiger partial charge in [0.15, 0.2) is 11.5 Å². The Morgan fingerprint density at radius 2 is 1.74 bits per heavy atom. The van der Waals surface area contributed by atoms with E-state index in [9.17, 15) is 9.90 Å². The van der Waals surface area contributed by atoms with Gasteiger partial charge >= 0.3 is 0 Å². The van der Waals surface area contributed by atoms with Crippen molar-refractivity contribution in [2.75, 3.05) is 13.2 Å². The van der Waals surface area contributed by atoms with Gasteiger partial charge in [0.1, 0.15) is 23.7 Å². The van der Waals surface area contributed by atoms with Crippen LogP contribution in [-0.4, -0.2) is 39.3 Å². The van der Waals surface area contributed by atoms with E-state index in [2.05, 4.69) is 17.1 Å². The molecule has 1 aromatic heterocycles. The fourth-order valence-corrected chi connectivity index (χ4v) is 5.00. The summed E-state index contributed by atoms with van der Waals surface area (Å²) in [7, 11) is 0. The van der Waals surface area contributed by atoms with Crippen LogP contribution in [0.25, 0.3) is 11.3 Å². The normalized spacial score (nSPS) is 14.5. The monoisotopic (exact) mass is 511 g/mol. The van der Waals surface area contributed by atoms with Gasteiger partial charge in [-0.05, 0) is 48.7 Å². The summed E-state index contributed by atoms with van der Waals surface area (Å²) in [6.07, 6.45) is 3.00. The third-order valence-electron chi connectivity index (χ3n) is 6.85. The number of H-pyrrole nitrogens is 1. The number of amides is 1. The highest BCUT2D eigenvalue weighted by molar-refractivity contribution is 6.00. The molecule has 38 heavy (non-hydrogen) atoms. The zero-order valence-corrected chi connectivity index (χ0v) is 21.8. The summed E-state index contributed by atoms with van der Waals surface area (Å²) in [5, 5.41) is 18.0. The number of rotatable bonds is 11. The van der Waals surface area contributed by atoms with Crippen molar-refractivity contribution in [1.29, 1.82) is 0 Å². The summed E-state index contributed by atoms with van der Waals surface area (Å²) in [6.45, 7) is 5.61. The average molecular weight is 512 g/mol. The van der Waals surface area contributed by atoms with E-state index in [-0.39, 0.29) is 17.7 Å². The predicted molar refractivity (Wildman–Crippen MR) is 146 cm³/mol.